The van der Waals surface area contributed by atoms with Crippen molar-refractivity contribution in [2.24, 2.45) is 0 Å². The number of imidazole rings is 1. The van der Waals surface area contributed by atoms with Crippen molar-refractivity contribution < 1.29 is 24.4 Å². The van der Waals surface area contributed by atoms with Gasteiger partial charge in [0.15, 0.2) is 17.7 Å². The van der Waals surface area contributed by atoms with Gasteiger partial charge in [-0.15, -0.1) is 0 Å². The molecule has 0 unspecified atom stereocenters. The van der Waals surface area contributed by atoms with E-state index < -0.39 is 24.5 Å². The van der Waals surface area contributed by atoms with E-state index in [-0.39, 0.29) is 6.61 Å². The predicted octanol–water partition coefficient (Wildman–Crippen LogP) is -0.850. The fourth-order valence-corrected chi connectivity index (χ4v) is 2.76. The number of anilines is 1. The molecule has 1 aliphatic rings. The van der Waals surface area contributed by atoms with Crippen LogP contribution in [0.4, 0.5) is 5.82 Å². The number of aliphatic hydroxyl groups is 2. The van der Waals surface area contributed by atoms with Gasteiger partial charge in [-0.05, 0) is 0 Å². The van der Waals surface area contributed by atoms with Crippen molar-refractivity contribution in [2.75, 3.05) is 39.3 Å². The second kappa shape index (κ2) is 7.36. The molecule has 0 saturated carbocycles. The van der Waals surface area contributed by atoms with E-state index >= 15 is 0 Å². The zero-order valence-electron chi connectivity index (χ0n) is 13.5. The third kappa shape index (κ3) is 2.94. The van der Waals surface area contributed by atoms with Crippen molar-refractivity contribution in [3.63, 3.8) is 0 Å². The molecular formula is C14H21N5O5. The minimum Gasteiger partial charge on any atom is -0.394 e. The van der Waals surface area contributed by atoms with Gasteiger partial charge in [-0.2, -0.15) is 0 Å². The average Bonchev–Trinajstić information content (AvgIpc) is 3.16. The summed E-state index contributed by atoms with van der Waals surface area (Å²) in [6.45, 7) is 0.362. The van der Waals surface area contributed by atoms with Crippen LogP contribution >= 0.6 is 0 Å². The maximum absolute atomic E-state index is 10.4. The number of rotatable bonds is 7. The smallest absolute Gasteiger partial charge is 0.167 e. The maximum atomic E-state index is 10.4. The van der Waals surface area contributed by atoms with Crippen molar-refractivity contribution in [1.82, 2.24) is 19.5 Å². The van der Waals surface area contributed by atoms with E-state index in [1.807, 2.05) is 0 Å². The number of fused-ring (bicyclic) bond motifs is 1. The Morgan fingerprint density at radius 2 is 2.17 bits per heavy atom. The lowest BCUT2D eigenvalue weighted by Crippen LogP contribution is -2.36. The molecule has 1 saturated heterocycles. The normalized spacial score (nSPS) is 27.0. The lowest BCUT2D eigenvalue weighted by Gasteiger charge is -2.22. The summed E-state index contributed by atoms with van der Waals surface area (Å²) in [5, 5.41) is 22.7. The van der Waals surface area contributed by atoms with E-state index in [2.05, 4.69) is 20.3 Å². The highest BCUT2D eigenvalue weighted by atomic mass is 16.6. The van der Waals surface area contributed by atoms with Gasteiger partial charge in [-0.1, -0.05) is 0 Å². The Hall–Kier alpha value is -1.85. The van der Waals surface area contributed by atoms with Gasteiger partial charge in [0.1, 0.15) is 30.2 Å². The first-order valence-electron chi connectivity index (χ1n) is 7.61. The highest BCUT2D eigenvalue weighted by Gasteiger charge is 2.45. The molecule has 0 amide bonds. The molecule has 0 bridgehead atoms. The van der Waals surface area contributed by atoms with Crippen molar-refractivity contribution in [1.29, 1.82) is 0 Å². The van der Waals surface area contributed by atoms with Crippen LogP contribution in [0.15, 0.2) is 12.7 Å². The number of hydrogen-bond donors (Lipinski definition) is 3. The molecule has 10 nitrogen and oxygen atoms in total. The minimum atomic E-state index is -0.972. The van der Waals surface area contributed by atoms with Crippen LogP contribution in [0.5, 0.6) is 0 Å². The van der Waals surface area contributed by atoms with Gasteiger partial charge >= 0.3 is 0 Å². The Morgan fingerprint density at radius 1 is 1.33 bits per heavy atom. The molecule has 3 rings (SSSR count). The molecule has 1 aliphatic heterocycles. The van der Waals surface area contributed by atoms with Crippen LogP contribution in [-0.4, -0.2) is 82.0 Å². The van der Waals surface area contributed by atoms with Gasteiger partial charge in [0.25, 0.3) is 0 Å². The van der Waals surface area contributed by atoms with Gasteiger partial charge in [0.2, 0.25) is 0 Å². The number of hydrogen-bond acceptors (Lipinski definition) is 9. The molecule has 4 atom stereocenters. The third-order valence-corrected chi connectivity index (χ3v) is 3.96. The zero-order valence-corrected chi connectivity index (χ0v) is 13.5. The number of nitrogens with one attached hydrogen (secondary N) is 1. The SMILES string of the molecule is CNc1ncnc2c1ncn2[C@@H]1O[C@H](CO)[C@@H](O)[C@H]1OCCOC. The quantitative estimate of drug-likeness (QED) is 0.553. The molecule has 24 heavy (non-hydrogen) atoms. The van der Waals surface area contributed by atoms with E-state index in [4.69, 9.17) is 14.2 Å². The van der Waals surface area contributed by atoms with Gasteiger partial charge in [-0.3, -0.25) is 4.57 Å². The predicted molar refractivity (Wildman–Crippen MR) is 83.5 cm³/mol. The van der Waals surface area contributed by atoms with Gasteiger partial charge in [-0.25, -0.2) is 15.0 Å². The molecule has 0 spiro atoms. The van der Waals surface area contributed by atoms with Crippen molar-refractivity contribution in [3.8, 4) is 0 Å². The van der Waals surface area contributed by atoms with E-state index in [1.165, 1.54) is 6.33 Å². The molecule has 132 valence electrons. The summed E-state index contributed by atoms with van der Waals surface area (Å²) in [6, 6.07) is 0. The Labute approximate surface area is 138 Å². The second-order valence-corrected chi connectivity index (χ2v) is 5.36. The molecule has 0 aliphatic carbocycles. The summed E-state index contributed by atoms with van der Waals surface area (Å²) in [6.07, 6.45) is -0.0849. The zero-order chi connectivity index (χ0) is 17.1. The molecule has 2 aromatic heterocycles. The largest absolute Gasteiger partial charge is 0.394 e. The minimum absolute atomic E-state index is 0.291. The molecule has 10 heteroatoms. The first kappa shape index (κ1) is 17.0. The van der Waals surface area contributed by atoms with E-state index in [0.29, 0.717) is 30.2 Å². The van der Waals surface area contributed by atoms with Crippen LogP contribution in [-0.2, 0) is 14.2 Å². The van der Waals surface area contributed by atoms with Crippen LogP contribution in [0.1, 0.15) is 6.23 Å². The van der Waals surface area contributed by atoms with E-state index in [1.54, 1.807) is 25.1 Å². The Morgan fingerprint density at radius 3 is 2.88 bits per heavy atom. The fraction of sp³-hybridized carbons (Fsp3) is 0.643. The molecule has 3 N–H and O–H groups in total. The van der Waals surface area contributed by atoms with Crippen molar-refractivity contribution in [3.05, 3.63) is 12.7 Å². The second-order valence-electron chi connectivity index (χ2n) is 5.36. The van der Waals surface area contributed by atoms with Gasteiger partial charge in [0.05, 0.1) is 26.1 Å². The number of nitrogens with zero attached hydrogens (tertiary/aromatic N) is 4. The summed E-state index contributed by atoms with van der Waals surface area (Å²) in [5.41, 5.74) is 1.13. The molecule has 2 aromatic rings. The summed E-state index contributed by atoms with van der Waals surface area (Å²) >= 11 is 0. The molecule has 0 aromatic carbocycles. The Balaban J connectivity index is 1.93. The molecule has 1 fully saturated rings. The van der Waals surface area contributed by atoms with Crippen molar-refractivity contribution >= 4 is 17.0 Å². The number of methoxy groups -OCH3 is 1. The van der Waals surface area contributed by atoms with E-state index in [0.717, 1.165) is 0 Å². The maximum Gasteiger partial charge on any atom is 0.167 e. The van der Waals surface area contributed by atoms with Gasteiger partial charge in [0, 0.05) is 14.2 Å². The van der Waals surface area contributed by atoms with Crippen molar-refractivity contribution in [2.45, 2.75) is 24.5 Å². The first-order valence-corrected chi connectivity index (χ1v) is 7.61. The van der Waals surface area contributed by atoms with Gasteiger partial charge < -0.3 is 29.7 Å². The van der Waals surface area contributed by atoms with E-state index in [9.17, 15) is 10.2 Å². The third-order valence-electron chi connectivity index (χ3n) is 3.96. The highest BCUT2D eigenvalue weighted by molar-refractivity contribution is 5.82. The van der Waals surface area contributed by atoms with Crippen LogP contribution < -0.4 is 5.32 Å². The summed E-state index contributed by atoms with van der Waals surface area (Å²) in [4.78, 5) is 12.7. The van der Waals surface area contributed by atoms with Crippen LogP contribution in [0, 0.1) is 0 Å². The standard InChI is InChI=1S/C14H21N5O5/c1-15-12-9-13(17-6-16-12)19(7-18-9)14-11(23-4-3-22-2)10(21)8(5-20)24-14/h6-8,10-11,14,20-21H,3-5H2,1-2H3,(H,15,16,17)/t8-,10-,11-,14-/m1/s1. The lowest BCUT2D eigenvalue weighted by molar-refractivity contribution is -0.0785. The van der Waals surface area contributed by atoms with Crippen LogP contribution in [0.3, 0.4) is 0 Å². The monoisotopic (exact) mass is 339 g/mol. The molecule has 3 heterocycles. The number of aliphatic hydroxyl groups excluding tert-OH is 2. The first-order chi connectivity index (χ1) is 11.7. The topological polar surface area (TPSA) is 124 Å². The molecule has 0 radical (unpaired) electrons. The summed E-state index contributed by atoms with van der Waals surface area (Å²) in [5.74, 6) is 0.591. The number of aromatic nitrogens is 4. The lowest BCUT2D eigenvalue weighted by atomic mass is 10.1. The summed E-state index contributed by atoms with van der Waals surface area (Å²) < 4.78 is 18.1. The van der Waals surface area contributed by atoms with Crippen LogP contribution in [0.25, 0.3) is 11.2 Å². The average molecular weight is 339 g/mol. The highest BCUT2D eigenvalue weighted by Crippen LogP contribution is 2.34. The fourth-order valence-electron chi connectivity index (χ4n) is 2.76. The number of ether oxygens (including phenoxy) is 3. The van der Waals surface area contributed by atoms with Crippen LogP contribution in [0.2, 0.25) is 0 Å². The molecular weight excluding hydrogens is 318 g/mol. The Kier molecular flexibility index (Phi) is 5.21. The summed E-state index contributed by atoms with van der Waals surface area (Å²) in [7, 11) is 3.31. The Bertz CT molecular complexity index is 681.